The number of amides is 1. The van der Waals surface area contributed by atoms with Gasteiger partial charge in [-0.3, -0.25) is 4.79 Å². The number of hydrogen-bond donors (Lipinski definition) is 1. The number of rotatable bonds is 2. The molecule has 1 aromatic carbocycles. The van der Waals surface area contributed by atoms with E-state index < -0.39 is 11.6 Å². The van der Waals surface area contributed by atoms with E-state index in [0.29, 0.717) is 30.9 Å². The lowest BCUT2D eigenvalue weighted by atomic mass is 9.80. The van der Waals surface area contributed by atoms with Gasteiger partial charge in [-0.15, -0.1) is 0 Å². The van der Waals surface area contributed by atoms with Gasteiger partial charge in [-0.1, -0.05) is 19.1 Å². The molecule has 1 heterocycles. The van der Waals surface area contributed by atoms with E-state index in [2.05, 4.69) is 0 Å². The van der Waals surface area contributed by atoms with E-state index in [4.69, 9.17) is 18.0 Å². The van der Waals surface area contributed by atoms with Gasteiger partial charge in [0.05, 0.1) is 4.99 Å². The molecule has 1 saturated heterocycles. The molecule has 1 aliphatic heterocycles. The third-order valence-electron chi connectivity index (χ3n) is 3.86. The number of nitrogens with zero attached hydrogens (tertiary/aromatic N) is 1. The standard InChI is InChI=1S/C14H16F2N2OS/c1-14(13(17)20)2-4-18(5-3-14)12(19)9-6-10(15)8-11(16)7-9/h6-8H,2-5H2,1H3,(H2,17,20). The zero-order valence-corrected chi connectivity index (χ0v) is 12.0. The lowest BCUT2D eigenvalue weighted by Gasteiger charge is -2.38. The average Bonchev–Trinajstić information content (AvgIpc) is 2.37. The highest BCUT2D eigenvalue weighted by atomic mass is 32.1. The zero-order chi connectivity index (χ0) is 14.9. The fourth-order valence-corrected chi connectivity index (χ4v) is 2.51. The quantitative estimate of drug-likeness (QED) is 0.853. The van der Waals surface area contributed by atoms with Crippen LogP contribution in [0.15, 0.2) is 18.2 Å². The molecule has 6 heteroatoms. The molecule has 2 N–H and O–H groups in total. The smallest absolute Gasteiger partial charge is 0.254 e. The molecule has 1 aliphatic rings. The summed E-state index contributed by atoms with van der Waals surface area (Å²) in [6, 6.07) is 2.84. The van der Waals surface area contributed by atoms with Crippen LogP contribution in [0, 0.1) is 17.0 Å². The maximum absolute atomic E-state index is 13.1. The summed E-state index contributed by atoms with van der Waals surface area (Å²) in [5.41, 5.74) is 5.48. The summed E-state index contributed by atoms with van der Waals surface area (Å²) in [4.78, 5) is 14.2. The van der Waals surface area contributed by atoms with Crippen LogP contribution in [-0.2, 0) is 0 Å². The van der Waals surface area contributed by atoms with Crippen molar-refractivity contribution < 1.29 is 13.6 Å². The van der Waals surface area contributed by atoms with Gasteiger partial charge in [0.25, 0.3) is 5.91 Å². The molecule has 1 fully saturated rings. The Labute approximate surface area is 121 Å². The highest BCUT2D eigenvalue weighted by Gasteiger charge is 2.34. The van der Waals surface area contributed by atoms with Crippen molar-refractivity contribution in [2.45, 2.75) is 19.8 Å². The van der Waals surface area contributed by atoms with E-state index in [9.17, 15) is 13.6 Å². The molecule has 0 spiro atoms. The number of hydrogen-bond acceptors (Lipinski definition) is 2. The predicted molar refractivity (Wildman–Crippen MR) is 76.4 cm³/mol. The van der Waals surface area contributed by atoms with Gasteiger partial charge in [0.1, 0.15) is 11.6 Å². The summed E-state index contributed by atoms with van der Waals surface area (Å²) >= 11 is 5.04. The molecule has 1 amide bonds. The second-order valence-corrected chi connectivity index (χ2v) is 5.82. The first kappa shape index (κ1) is 14.8. The molecular weight excluding hydrogens is 282 g/mol. The van der Waals surface area contributed by atoms with Gasteiger partial charge < -0.3 is 10.6 Å². The molecule has 0 atom stereocenters. The monoisotopic (exact) mass is 298 g/mol. The fraction of sp³-hybridized carbons (Fsp3) is 0.429. The number of thiocarbonyl (C=S) groups is 1. The lowest BCUT2D eigenvalue weighted by molar-refractivity contribution is 0.0669. The Balaban J connectivity index is 2.10. The minimum atomic E-state index is -0.752. The Kier molecular flexibility index (Phi) is 4.04. The minimum Gasteiger partial charge on any atom is -0.393 e. The van der Waals surface area contributed by atoms with E-state index in [0.717, 1.165) is 18.2 Å². The van der Waals surface area contributed by atoms with Crippen LogP contribution in [0.4, 0.5) is 8.78 Å². The van der Waals surface area contributed by atoms with Crippen LogP contribution < -0.4 is 5.73 Å². The van der Waals surface area contributed by atoms with Crippen molar-refractivity contribution in [1.29, 1.82) is 0 Å². The summed E-state index contributed by atoms with van der Waals surface area (Å²) < 4.78 is 26.3. The average molecular weight is 298 g/mol. The Morgan fingerprint density at radius 1 is 1.25 bits per heavy atom. The van der Waals surface area contributed by atoms with Crippen molar-refractivity contribution in [2.24, 2.45) is 11.1 Å². The van der Waals surface area contributed by atoms with Gasteiger partial charge in [0.15, 0.2) is 0 Å². The van der Waals surface area contributed by atoms with Gasteiger partial charge in [0, 0.05) is 30.1 Å². The number of likely N-dealkylation sites (tertiary alicyclic amines) is 1. The normalized spacial score (nSPS) is 17.9. The molecule has 108 valence electrons. The number of halogens is 2. The number of nitrogens with two attached hydrogens (primary N) is 1. The van der Waals surface area contributed by atoms with Gasteiger partial charge in [-0.25, -0.2) is 8.78 Å². The Morgan fingerprint density at radius 2 is 1.75 bits per heavy atom. The van der Waals surface area contributed by atoms with Crippen LogP contribution in [-0.4, -0.2) is 28.9 Å². The van der Waals surface area contributed by atoms with Gasteiger partial charge >= 0.3 is 0 Å². The van der Waals surface area contributed by atoms with Gasteiger partial charge in [-0.05, 0) is 25.0 Å². The third kappa shape index (κ3) is 2.95. The van der Waals surface area contributed by atoms with E-state index >= 15 is 0 Å². The summed E-state index contributed by atoms with van der Waals surface area (Å²) in [5.74, 6) is -1.87. The molecule has 0 aromatic heterocycles. The summed E-state index contributed by atoms with van der Waals surface area (Å²) in [6.07, 6.45) is 1.32. The molecule has 3 nitrogen and oxygen atoms in total. The second kappa shape index (κ2) is 5.44. The van der Waals surface area contributed by atoms with Crippen molar-refractivity contribution >= 4 is 23.1 Å². The number of carbonyl (C=O) groups excluding carboxylic acids is 1. The number of carbonyl (C=O) groups is 1. The summed E-state index contributed by atoms with van der Waals surface area (Å²) in [5, 5.41) is 0. The fourth-order valence-electron chi connectivity index (χ4n) is 2.31. The SMILES string of the molecule is CC1(C(N)=S)CCN(C(=O)c2cc(F)cc(F)c2)CC1. The van der Waals surface area contributed by atoms with E-state index in [1.807, 2.05) is 6.92 Å². The highest BCUT2D eigenvalue weighted by molar-refractivity contribution is 7.80. The maximum Gasteiger partial charge on any atom is 0.254 e. The van der Waals surface area contributed by atoms with Crippen molar-refractivity contribution in [3.05, 3.63) is 35.4 Å². The predicted octanol–water partition coefficient (Wildman–Crippen LogP) is 2.49. The van der Waals surface area contributed by atoms with Crippen LogP contribution >= 0.6 is 12.2 Å². The lowest BCUT2D eigenvalue weighted by Crippen LogP contribution is -2.46. The van der Waals surface area contributed by atoms with Crippen LogP contribution in [0.1, 0.15) is 30.1 Å². The van der Waals surface area contributed by atoms with Gasteiger partial charge in [-0.2, -0.15) is 0 Å². The van der Waals surface area contributed by atoms with Crippen molar-refractivity contribution in [2.75, 3.05) is 13.1 Å². The molecule has 2 rings (SSSR count). The van der Waals surface area contributed by atoms with Crippen molar-refractivity contribution in [3.8, 4) is 0 Å². The van der Waals surface area contributed by atoms with E-state index in [1.165, 1.54) is 0 Å². The first-order valence-electron chi connectivity index (χ1n) is 6.37. The summed E-state index contributed by atoms with van der Waals surface area (Å²) in [7, 11) is 0. The van der Waals surface area contributed by atoms with Crippen molar-refractivity contribution in [3.63, 3.8) is 0 Å². The Bertz CT molecular complexity index is 534. The van der Waals surface area contributed by atoms with Crippen LogP contribution in [0.25, 0.3) is 0 Å². The molecule has 0 saturated carbocycles. The van der Waals surface area contributed by atoms with Crippen LogP contribution in [0.2, 0.25) is 0 Å². The topological polar surface area (TPSA) is 46.3 Å². The van der Waals surface area contributed by atoms with Crippen LogP contribution in [0.3, 0.4) is 0 Å². The first-order valence-corrected chi connectivity index (χ1v) is 6.78. The molecule has 0 aliphatic carbocycles. The van der Waals surface area contributed by atoms with E-state index in [1.54, 1.807) is 4.90 Å². The minimum absolute atomic E-state index is 0.0291. The number of piperidine rings is 1. The zero-order valence-electron chi connectivity index (χ0n) is 11.2. The first-order chi connectivity index (χ1) is 9.32. The van der Waals surface area contributed by atoms with Gasteiger partial charge in [0.2, 0.25) is 0 Å². The molecule has 0 radical (unpaired) electrons. The molecule has 0 bridgehead atoms. The molecular formula is C14H16F2N2OS. The Hall–Kier alpha value is -1.56. The molecule has 0 unspecified atom stereocenters. The largest absolute Gasteiger partial charge is 0.393 e. The van der Waals surface area contributed by atoms with Crippen molar-refractivity contribution in [1.82, 2.24) is 4.90 Å². The number of benzene rings is 1. The highest BCUT2D eigenvalue weighted by Crippen LogP contribution is 2.31. The summed E-state index contributed by atoms with van der Waals surface area (Å²) in [6.45, 7) is 2.93. The second-order valence-electron chi connectivity index (χ2n) is 5.38. The Morgan fingerprint density at radius 3 is 2.20 bits per heavy atom. The third-order valence-corrected chi connectivity index (χ3v) is 4.35. The molecule has 20 heavy (non-hydrogen) atoms. The molecule has 1 aromatic rings. The van der Waals surface area contributed by atoms with E-state index in [-0.39, 0.29) is 16.9 Å². The van der Waals surface area contributed by atoms with Crippen LogP contribution in [0.5, 0.6) is 0 Å². The maximum atomic E-state index is 13.1.